The molecule has 0 aromatic heterocycles. The summed E-state index contributed by atoms with van der Waals surface area (Å²) in [6, 6.07) is 5.58. The van der Waals surface area contributed by atoms with E-state index in [1.807, 2.05) is 19.1 Å². The third kappa shape index (κ3) is 2.90. The second kappa shape index (κ2) is 7.40. The third-order valence-corrected chi connectivity index (χ3v) is 9.25. The third-order valence-electron chi connectivity index (χ3n) is 9.25. The minimum absolute atomic E-state index is 0.149. The molecule has 0 spiro atoms. The van der Waals surface area contributed by atoms with Crippen LogP contribution in [0, 0.1) is 17.3 Å². The number of hydrogen-bond donors (Lipinski definition) is 6. The van der Waals surface area contributed by atoms with Gasteiger partial charge >= 0.3 is 5.97 Å². The molecule has 0 amide bonds. The molecule has 1 heterocycles. The van der Waals surface area contributed by atoms with Gasteiger partial charge in [0.15, 0.2) is 6.10 Å². The molecule has 3 fully saturated rings. The number of fused-ring (bicyclic) bond motifs is 5. The van der Waals surface area contributed by atoms with Gasteiger partial charge in [-0.25, -0.2) is 4.79 Å². The van der Waals surface area contributed by atoms with Crippen LogP contribution < -0.4 is 0 Å². The Bertz CT molecular complexity index is 919. The lowest BCUT2D eigenvalue weighted by Crippen LogP contribution is -2.69. The van der Waals surface area contributed by atoms with Gasteiger partial charge in [0.2, 0.25) is 0 Å². The van der Waals surface area contributed by atoms with Crippen molar-refractivity contribution in [1.29, 1.82) is 0 Å². The van der Waals surface area contributed by atoms with Crippen molar-refractivity contribution in [2.45, 2.75) is 87.5 Å². The normalized spacial score (nSPS) is 47.9. The first-order valence-corrected chi connectivity index (χ1v) is 11.5. The van der Waals surface area contributed by atoms with Gasteiger partial charge in [-0.05, 0) is 79.5 Å². The SMILES string of the molecule is C[C@]12CC[C@@H]3c4ccc(O)cc4CC[C@H]3[C@@H]1CCC2(O)[C@@H]1O[C@H](C(=O)O)[C@@H](O)[C@H](O)[C@H]1O. The Balaban J connectivity index is 1.47. The minimum Gasteiger partial charge on any atom is -0.508 e. The van der Waals surface area contributed by atoms with Crippen LogP contribution in [0.2, 0.25) is 0 Å². The summed E-state index contributed by atoms with van der Waals surface area (Å²) in [5.74, 6) is -0.360. The first kappa shape index (κ1) is 22.1. The van der Waals surface area contributed by atoms with Crippen molar-refractivity contribution in [3.63, 3.8) is 0 Å². The van der Waals surface area contributed by atoms with Gasteiger partial charge in [-0.1, -0.05) is 13.0 Å². The number of aliphatic hydroxyl groups excluding tert-OH is 3. The number of benzene rings is 1. The molecule has 10 atom stereocenters. The average Bonchev–Trinajstić information content (AvgIpc) is 3.03. The molecule has 1 saturated heterocycles. The van der Waals surface area contributed by atoms with Crippen LogP contribution in [0.25, 0.3) is 0 Å². The predicted molar refractivity (Wildman–Crippen MR) is 112 cm³/mol. The fourth-order valence-corrected chi connectivity index (χ4v) is 7.57. The maximum atomic E-state index is 12.0. The van der Waals surface area contributed by atoms with E-state index in [4.69, 9.17) is 4.74 Å². The number of ether oxygens (including phenoxy) is 1. The zero-order valence-electron chi connectivity index (χ0n) is 18.1. The summed E-state index contributed by atoms with van der Waals surface area (Å²) in [5, 5.41) is 62.4. The molecule has 0 bridgehead atoms. The van der Waals surface area contributed by atoms with Crippen LogP contribution in [-0.4, -0.2) is 72.7 Å². The fourth-order valence-electron chi connectivity index (χ4n) is 7.57. The summed E-state index contributed by atoms with van der Waals surface area (Å²) < 4.78 is 5.61. The summed E-state index contributed by atoms with van der Waals surface area (Å²) in [4.78, 5) is 11.6. The van der Waals surface area contributed by atoms with Crippen molar-refractivity contribution in [2.75, 3.05) is 0 Å². The quantitative estimate of drug-likeness (QED) is 0.391. The van der Waals surface area contributed by atoms with Crippen molar-refractivity contribution in [3.8, 4) is 5.75 Å². The van der Waals surface area contributed by atoms with Gasteiger partial charge in [-0.2, -0.15) is 0 Å². The van der Waals surface area contributed by atoms with Crippen molar-refractivity contribution in [3.05, 3.63) is 29.3 Å². The molecular formula is C24H32O8. The Morgan fingerprint density at radius 3 is 2.53 bits per heavy atom. The van der Waals surface area contributed by atoms with Crippen LogP contribution in [-0.2, 0) is 16.0 Å². The topological polar surface area (TPSA) is 148 Å². The minimum atomic E-state index is -1.77. The molecule has 1 aliphatic heterocycles. The molecule has 6 N–H and O–H groups in total. The smallest absolute Gasteiger partial charge is 0.335 e. The molecule has 2 saturated carbocycles. The lowest BCUT2D eigenvalue weighted by Gasteiger charge is -2.56. The number of hydrogen-bond acceptors (Lipinski definition) is 7. The van der Waals surface area contributed by atoms with Crippen LogP contribution in [0.15, 0.2) is 18.2 Å². The summed E-state index contributed by atoms with van der Waals surface area (Å²) >= 11 is 0. The molecule has 4 aliphatic rings. The van der Waals surface area contributed by atoms with Crippen LogP contribution in [0.1, 0.15) is 56.1 Å². The van der Waals surface area contributed by atoms with E-state index in [9.17, 15) is 35.4 Å². The summed E-state index contributed by atoms with van der Waals surface area (Å²) in [7, 11) is 0. The highest BCUT2D eigenvalue weighted by Crippen LogP contribution is 2.65. The van der Waals surface area contributed by atoms with E-state index in [1.165, 1.54) is 11.1 Å². The number of phenols is 1. The van der Waals surface area contributed by atoms with Crippen LogP contribution in [0.5, 0.6) is 5.75 Å². The molecule has 32 heavy (non-hydrogen) atoms. The fraction of sp³-hybridized carbons (Fsp3) is 0.708. The number of carboxylic acid groups (broad SMARTS) is 1. The van der Waals surface area contributed by atoms with E-state index < -0.39 is 47.5 Å². The van der Waals surface area contributed by atoms with E-state index in [0.717, 1.165) is 19.3 Å². The molecule has 5 rings (SSSR count). The Morgan fingerprint density at radius 2 is 1.81 bits per heavy atom. The second-order valence-corrected chi connectivity index (χ2v) is 10.5. The Labute approximate surface area is 186 Å². The van der Waals surface area contributed by atoms with E-state index in [-0.39, 0.29) is 11.7 Å². The molecule has 1 unspecified atom stereocenters. The predicted octanol–water partition coefficient (Wildman–Crippen LogP) is 0.914. The molecule has 8 nitrogen and oxygen atoms in total. The van der Waals surface area contributed by atoms with Crippen molar-refractivity contribution >= 4 is 5.97 Å². The zero-order chi connectivity index (χ0) is 23.0. The number of aliphatic carboxylic acids is 1. The first-order valence-electron chi connectivity index (χ1n) is 11.5. The maximum absolute atomic E-state index is 12.0. The summed E-state index contributed by atoms with van der Waals surface area (Å²) in [6.07, 6.45) is -3.77. The Morgan fingerprint density at radius 1 is 1.06 bits per heavy atom. The lowest BCUT2D eigenvalue weighted by atomic mass is 9.52. The van der Waals surface area contributed by atoms with Gasteiger partial charge in [0.05, 0.1) is 5.60 Å². The highest BCUT2D eigenvalue weighted by molar-refractivity contribution is 5.73. The Hall–Kier alpha value is -1.71. The number of aromatic hydroxyl groups is 1. The van der Waals surface area contributed by atoms with Gasteiger partial charge in [0, 0.05) is 5.41 Å². The molecule has 1 aromatic rings. The van der Waals surface area contributed by atoms with E-state index in [0.29, 0.717) is 31.1 Å². The number of carboxylic acids is 1. The monoisotopic (exact) mass is 448 g/mol. The van der Waals surface area contributed by atoms with E-state index in [1.54, 1.807) is 6.07 Å². The van der Waals surface area contributed by atoms with Gasteiger partial charge in [0.1, 0.15) is 30.2 Å². The number of aliphatic hydroxyl groups is 4. The van der Waals surface area contributed by atoms with Crippen molar-refractivity contribution in [1.82, 2.24) is 0 Å². The first-order chi connectivity index (χ1) is 15.1. The average molecular weight is 449 g/mol. The molecule has 8 heteroatoms. The van der Waals surface area contributed by atoms with Crippen molar-refractivity contribution < 1.29 is 40.2 Å². The molecule has 176 valence electrons. The largest absolute Gasteiger partial charge is 0.508 e. The van der Waals surface area contributed by atoms with Crippen molar-refractivity contribution in [2.24, 2.45) is 17.3 Å². The summed E-state index contributed by atoms with van der Waals surface area (Å²) in [6.45, 7) is 2.00. The molecular weight excluding hydrogens is 416 g/mol. The highest BCUT2D eigenvalue weighted by atomic mass is 16.6. The molecule has 3 aliphatic carbocycles. The van der Waals surface area contributed by atoms with Crippen LogP contribution in [0.3, 0.4) is 0 Å². The highest BCUT2D eigenvalue weighted by Gasteiger charge is 2.67. The molecule has 1 aromatic carbocycles. The maximum Gasteiger partial charge on any atom is 0.335 e. The number of rotatable bonds is 2. The van der Waals surface area contributed by atoms with Gasteiger partial charge in [-0.15, -0.1) is 0 Å². The number of aryl methyl sites for hydroxylation is 1. The van der Waals surface area contributed by atoms with Gasteiger partial charge in [0.25, 0.3) is 0 Å². The lowest BCUT2D eigenvalue weighted by molar-refractivity contribution is -0.284. The number of carbonyl (C=O) groups is 1. The molecule has 0 radical (unpaired) electrons. The van der Waals surface area contributed by atoms with Gasteiger partial charge in [-0.3, -0.25) is 0 Å². The summed E-state index contributed by atoms with van der Waals surface area (Å²) in [5.41, 5.74) is 0.288. The Kier molecular flexibility index (Phi) is 5.11. The second-order valence-electron chi connectivity index (χ2n) is 10.5. The zero-order valence-corrected chi connectivity index (χ0v) is 18.1. The number of phenolic OH excluding ortho intramolecular Hbond substituents is 1. The van der Waals surface area contributed by atoms with Gasteiger partial charge < -0.3 is 35.4 Å². The van der Waals surface area contributed by atoms with Crippen LogP contribution in [0.4, 0.5) is 0 Å². The van der Waals surface area contributed by atoms with E-state index >= 15 is 0 Å². The van der Waals surface area contributed by atoms with E-state index in [2.05, 4.69) is 0 Å². The standard InChI is InChI=1S/C24H32O8/c1-23-8-6-14-13-5-3-12(25)10-11(13)2-4-15(14)16(23)7-9-24(23,31)21-19(28)17(26)18(27)20(32-21)22(29)30/h3,5,10,14-21,25-28,31H,2,4,6-9H2,1H3,(H,29,30)/t14-,15-,16+,17+,18+,19-,20+,21-,23+,24?/m1/s1. The van der Waals surface area contributed by atoms with Crippen LogP contribution >= 0.6 is 0 Å².